The molecule has 6 heteroatoms. The number of benzene rings is 1. The second-order valence-electron chi connectivity index (χ2n) is 2.37. The van der Waals surface area contributed by atoms with Crippen molar-refractivity contribution in [2.24, 2.45) is 0 Å². The smallest absolute Gasteiger partial charge is 0.691 e. The van der Waals surface area contributed by atoms with E-state index in [1.807, 2.05) is 19.1 Å². The Hall–Kier alpha value is 0.250. The molecule has 0 saturated carbocycles. The molecule has 0 aliphatic heterocycles. The summed E-state index contributed by atoms with van der Waals surface area (Å²) < 4.78 is 9.24. The van der Waals surface area contributed by atoms with Crippen LogP contribution in [0.15, 0.2) is 23.1 Å². The number of ether oxygens (including phenoxy) is 1. The van der Waals surface area contributed by atoms with E-state index >= 15 is 0 Å². The molecule has 0 aliphatic carbocycles. The van der Waals surface area contributed by atoms with E-state index in [0.717, 1.165) is 17.6 Å². The molecule has 1 rings (SSSR count). The van der Waals surface area contributed by atoms with E-state index in [9.17, 15) is 5.26 Å². The number of aryl methyl sites for hydroxylation is 1. The van der Waals surface area contributed by atoms with Crippen molar-refractivity contribution in [2.75, 3.05) is 7.11 Å². The van der Waals surface area contributed by atoms with Crippen molar-refractivity contribution >= 4 is 12.0 Å². The summed E-state index contributed by atoms with van der Waals surface area (Å²) in [7, 11) is 1.55. The van der Waals surface area contributed by atoms with Crippen LogP contribution in [-0.2, 0) is 9.37 Å². The summed E-state index contributed by atoms with van der Waals surface area (Å²) in [5.41, 5.74) is 1.05. The zero-order valence-corrected chi connectivity index (χ0v) is 11.1. The molecule has 0 saturated heterocycles. The minimum Gasteiger partial charge on any atom is -0.691 e. The zero-order valence-electron chi connectivity index (χ0n) is 8.27. The van der Waals surface area contributed by atoms with E-state index in [4.69, 9.17) is 4.74 Å². The van der Waals surface area contributed by atoms with Crippen LogP contribution in [0.2, 0.25) is 0 Å². The van der Waals surface area contributed by atoms with E-state index < -0.39 is 0 Å². The average Bonchev–Trinajstić information content (AvgIpc) is 2.15. The fourth-order valence-corrected chi connectivity index (χ4v) is 1.47. The van der Waals surface area contributed by atoms with Gasteiger partial charge in [-0.3, -0.25) is 5.04 Å². The average molecular weight is 224 g/mol. The van der Waals surface area contributed by atoms with Gasteiger partial charge in [0.15, 0.2) is 0 Å². The van der Waals surface area contributed by atoms with Gasteiger partial charge in [0.2, 0.25) is 0 Å². The fraction of sp³-hybridized carbons (Fsp3) is 0.250. The maximum absolute atomic E-state index is 9.60. The summed E-state index contributed by atoms with van der Waals surface area (Å²) in [6, 6.07) is 5.54. The van der Waals surface area contributed by atoms with Crippen molar-refractivity contribution in [1.82, 2.24) is 0 Å². The zero-order chi connectivity index (χ0) is 9.68. The Balaban J connectivity index is 0.00000169. The molecule has 4 nitrogen and oxygen atoms in total. The first kappa shape index (κ1) is 14.2. The van der Waals surface area contributed by atoms with Gasteiger partial charge in [-0.1, -0.05) is 6.07 Å². The van der Waals surface area contributed by atoms with E-state index in [1.54, 1.807) is 13.2 Å². The molecule has 0 radical (unpaired) electrons. The number of rotatable bonds is 4. The van der Waals surface area contributed by atoms with Crippen LogP contribution in [0.5, 0.6) is 5.75 Å². The van der Waals surface area contributed by atoms with Crippen LogP contribution in [0.4, 0.5) is 0 Å². The van der Waals surface area contributed by atoms with Gasteiger partial charge in [0.1, 0.15) is 5.75 Å². The largest absolute Gasteiger partial charge is 1.00 e. The van der Waals surface area contributed by atoms with Crippen molar-refractivity contribution in [3.05, 3.63) is 23.8 Å². The number of hydrogen-bond acceptors (Lipinski definition) is 5. The van der Waals surface area contributed by atoms with E-state index in [2.05, 4.69) is 9.37 Å². The molecule has 0 fully saturated rings. The van der Waals surface area contributed by atoms with Crippen molar-refractivity contribution in [3.8, 4) is 5.75 Å². The quantitative estimate of drug-likeness (QED) is 0.262. The molecule has 0 N–H and O–H groups in total. The number of hydrogen-bond donors (Lipinski definition) is 0. The van der Waals surface area contributed by atoms with E-state index in [1.165, 1.54) is 0 Å². The first-order valence-electron chi connectivity index (χ1n) is 3.55. The Bertz CT molecular complexity index is 282. The minimum atomic E-state index is 0. The summed E-state index contributed by atoms with van der Waals surface area (Å²) in [6.07, 6.45) is 0. The molecule has 0 heterocycles. The number of methoxy groups -OCH3 is 1. The molecule has 0 spiro atoms. The predicted octanol–water partition coefficient (Wildman–Crippen LogP) is -1.76. The Kier molecular flexibility index (Phi) is 7.66. The molecule has 0 aliphatic rings. The SMILES string of the molecule is COc1ccc(C)cc1SOO[O-].[Na+]. The van der Waals surface area contributed by atoms with Crippen molar-refractivity contribution in [1.29, 1.82) is 0 Å². The van der Waals surface area contributed by atoms with Crippen molar-refractivity contribution in [2.45, 2.75) is 11.8 Å². The van der Waals surface area contributed by atoms with E-state index in [-0.39, 0.29) is 29.6 Å². The topological polar surface area (TPSA) is 50.8 Å². The van der Waals surface area contributed by atoms with Gasteiger partial charge >= 0.3 is 29.6 Å². The van der Waals surface area contributed by atoms with Crippen LogP contribution in [0.25, 0.3) is 0 Å². The van der Waals surface area contributed by atoms with Gasteiger partial charge in [0.25, 0.3) is 0 Å². The molecule has 0 amide bonds. The first-order valence-corrected chi connectivity index (χ1v) is 4.30. The molecule has 1 aromatic rings. The monoisotopic (exact) mass is 224 g/mol. The Morgan fingerprint density at radius 2 is 2.07 bits per heavy atom. The van der Waals surface area contributed by atoms with Crippen LogP contribution in [0.3, 0.4) is 0 Å². The minimum absolute atomic E-state index is 0. The van der Waals surface area contributed by atoms with Crippen LogP contribution in [-0.4, -0.2) is 7.11 Å². The molecule has 0 unspecified atom stereocenters. The summed E-state index contributed by atoms with van der Waals surface area (Å²) in [4.78, 5) is 0.707. The van der Waals surface area contributed by atoms with Gasteiger partial charge in [-0.25, -0.2) is 0 Å². The third-order valence-electron chi connectivity index (χ3n) is 1.47. The van der Waals surface area contributed by atoms with Gasteiger partial charge in [-0.15, -0.1) is 0 Å². The van der Waals surface area contributed by atoms with Gasteiger partial charge in [-0.2, -0.15) is 4.33 Å². The first-order chi connectivity index (χ1) is 6.27. The Morgan fingerprint density at radius 3 is 2.64 bits per heavy atom. The normalized spacial score (nSPS) is 9.36. The van der Waals surface area contributed by atoms with Gasteiger partial charge in [0.05, 0.1) is 24.0 Å². The van der Waals surface area contributed by atoms with Crippen molar-refractivity contribution < 1.29 is 48.9 Å². The fourth-order valence-electron chi connectivity index (χ4n) is 0.900. The molecule has 72 valence electrons. The third-order valence-corrected chi connectivity index (χ3v) is 2.09. The Labute approximate surface area is 109 Å². The Morgan fingerprint density at radius 1 is 1.36 bits per heavy atom. The summed E-state index contributed by atoms with van der Waals surface area (Å²) in [5, 5.41) is 12.8. The van der Waals surface area contributed by atoms with E-state index in [0.29, 0.717) is 10.6 Å². The van der Waals surface area contributed by atoms with Crippen LogP contribution in [0, 0.1) is 6.92 Å². The van der Waals surface area contributed by atoms with Crippen molar-refractivity contribution in [3.63, 3.8) is 0 Å². The summed E-state index contributed by atoms with van der Waals surface area (Å²) >= 11 is 0.826. The molecule has 0 atom stereocenters. The third kappa shape index (κ3) is 4.18. The molecule has 1 aromatic carbocycles. The maximum atomic E-state index is 9.60. The van der Waals surface area contributed by atoms with Crippen LogP contribution in [0.1, 0.15) is 5.56 Å². The second-order valence-corrected chi connectivity index (χ2v) is 3.12. The second kappa shape index (κ2) is 7.53. The predicted molar refractivity (Wildman–Crippen MR) is 45.8 cm³/mol. The molecular formula is C8H9NaO4S. The molecule has 0 bridgehead atoms. The summed E-state index contributed by atoms with van der Waals surface area (Å²) in [6.45, 7) is 1.93. The van der Waals surface area contributed by atoms with Crippen LogP contribution < -0.4 is 39.6 Å². The van der Waals surface area contributed by atoms with Gasteiger partial charge in [-0.05, 0) is 24.6 Å². The molecule has 0 aromatic heterocycles. The van der Waals surface area contributed by atoms with Gasteiger partial charge < -0.3 is 9.99 Å². The standard InChI is InChI=1S/C8H10O4S.Na/c1-6-3-4-7(10-2)8(5-6)13-12-11-9;/h3-5,9H,1-2H3;/q;+1/p-1. The van der Waals surface area contributed by atoms with Crippen LogP contribution >= 0.6 is 12.0 Å². The molecular weight excluding hydrogens is 215 g/mol. The van der Waals surface area contributed by atoms with Gasteiger partial charge in [0, 0.05) is 0 Å². The molecule has 14 heavy (non-hydrogen) atoms. The maximum Gasteiger partial charge on any atom is 1.00 e. The summed E-state index contributed by atoms with van der Waals surface area (Å²) in [5.74, 6) is 0.646.